The summed E-state index contributed by atoms with van der Waals surface area (Å²) in [6.45, 7) is 0. The fraction of sp³-hybridized carbons (Fsp3) is 0.0714. The third-order valence-corrected chi connectivity index (χ3v) is 3.11. The van der Waals surface area contributed by atoms with Gasteiger partial charge in [0.1, 0.15) is 6.33 Å². The molecule has 0 saturated heterocycles. The maximum Gasteiger partial charge on any atom is 0.115 e. The van der Waals surface area contributed by atoms with E-state index in [9.17, 15) is 0 Å². The fourth-order valence-corrected chi connectivity index (χ4v) is 2.22. The lowest BCUT2D eigenvalue weighted by Gasteiger charge is -2.18. The van der Waals surface area contributed by atoms with Gasteiger partial charge in [0.2, 0.25) is 0 Å². The first kappa shape index (κ1) is 11.7. The van der Waals surface area contributed by atoms with Gasteiger partial charge in [0.25, 0.3) is 0 Å². The highest BCUT2D eigenvalue weighted by Crippen LogP contribution is 2.27. The van der Waals surface area contributed by atoms with E-state index >= 15 is 0 Å². The Morgan fingerprint density at radius 3 is 2.63 bits per heavy atom. The minimum Gasteiger partial charge on any atom is -0.271 e. The van der Waals surface area contributed by atoms with Gasteiger partial charge in [0.15, 0.2) is 0 Å². The number of aromatic nitrogens is 3. The summed E-state index contributed by atoms with van der Waals surface area (Å²) in [6.07, 6.45) is 8.65. The minimum atomic E-state index is -0.146. The molecule has 0 fully saturated rings. The van der Waals surface area contributed by atoms with E-state index in [0.717, 1.165) is 21.9 Å². The van der Waals surface area contributed by atoms with Crippen molar-refractivity contribution in [3.63, 3.8) is 0 Å². The molecule has 0 aliphatic carbocycles. The number of nitrogens with zero attached hydrogens (tertiary/aromatic N) is 3. The van der Waals surface area contributed by atoms with Crippen LogP contribution in [0.5, 0.6) is 0 Å². The number of hydrogen-bond donors (Lipinski definition) is 2. The smallest absolute Gasteiger partial charge is 0.115 e. The fourth-order valence-electron chi connectivity index (χ4n) is 2.22. The number of nitrogens with two attached hydrogens (primary N) is 1. The molecule has 2 aromatic heterocycles. The van der Waals surface area contributed by atoms with E-state index in [1.807, 2.05) is 30.5 Å². The standard InChI is InChI=1S/C14H13N5/c15-19-14(11-7-17-9-18-8-11)13-3-1-2-10-6-16-5-4-12(10)13/h1-9,14,19H,15H2. The Kier molecular flexibility index (Phi) is 3.14. The first-order chi connectivity index (χ1) is 9.40. The van der Waals surface area contributed by atoms with Crippen LogP contribution in [-0.4, -0.2) is 15.0 Å². The van der Waals surface area contributed by atoms with Crippen molar-refractivity contribution in [2.45, 2.75) is 6.04 Å². The lowest BCUT2D eigenvalue weighted by molar-refractivity contribution is 0.636. The first-order valence-corrected chi connectivity index (χ1v) is 5.94. The Labute approximate surface area is 110 Å². The van der Waals surface area contributed by atoms with Gasteiger partial charge in [-0.25, -0.2) is 15.4 Å². The lowest BCUT2D eigenvalue weighted by atomic mass is 9.96. The SMILES string of the molecule is NNC(c1cncnc1)c1cccc2cnccc12. The van der Waals surface area contributed by atoms with Gasteiger partial charge in [-0.1, -0.05) is 18.2 Å². The van der Waals surface area contributed by atoms with Crippen molar-refractivity contribution in [2.75, 3.05) is 0 Å². The van der Waals surface area contributed by atoms with E-state index in [-0.39, 0.29) is 6.04 Å². The van der Waals surface area contributed by atoms with Crippen LogP contribution in [0.1, 0.15) is 17.2 Å². The van der Waals surface area contributed by atoms with Gasteiger partial charge in [0.05, 0.1) is 6.04 Å². The average Bonchev–Trinajstić information content (AvgIpc) is 2.49. The summed E-state index contributed by atoms with van der Waals surface area (Å²) in [5, 5.41) is 2.20. The molecule has 0 spiro atoms. The molecule has 0 aliphatic rings. The van der Waals surface area contributed by atoms with E-state index in [2.05, 4.69) is 20.4 Å². The van der Waals surface area contributed by atoms with E-state index in [0.29, 0.717) is 0 Å². The van der Waals surface area contributed by atoms with Gasteiger partial charge in [-0.15, -0.1) is 0 Å². The number of benzene rings is 1. The zero-order valence-electron chi connectivity index (χ0n) is 10.2. The van der Waals surface area contributed by atoms with Gasteiger partial charge in [-0.3, -0.25) is 10.8 Å². The summed E-state index contributed by atoms with van der Waals surface area (Å²) in [7, 11) is 0. The zero-order chi connectivity index (χ0) is 13.1. The predicted molar refractivity (Wildman–Crippen MR) is 72.9 cm³/mol. The van der Waals surface area contributed by atoms with E-state index in [4.69, 9.17) is 5.84 Å². The van der Waals surface area contributed by atoms with Crippen molar-refractivity contribution in [2.24, 2.45) is 5.84 Å². The molecular formula is C14H13N5. The summed E-state index contributed by atoms with van der Waals surface area (Å²) in [4.78, 5) is 12.2. The van der Waals surface area contributed by atoms with Gasteiger partial charge < -0.3 is 0 Å². The van der Waals surface area contributed by atoms with Crippen LogP contribution < -0.4 is 11.3 Å². The van der Waals surface area contributed by atoms with Crippen molar-refractivity contribution < 1.29 is 0 Å². The Bertz CT molecular complexity index is 678. The molecular weight excluding hydrogens is 238 g/mol. The number of hydrogen-bond acceptors (Lipinski definition) is 5. The maximum absolute atomic E-state index is 5.71. The first-order valence-electron chi connectivity index (χ1n) is 5.94. The molecule has 3 N–H and O–H groups in total. The van der Waals surface area contributed by atoms with Crippen molar-refractivity contribution in [3.8, 4) is 0 Å². The number of pyridine rings is 1. The van der Waals surface area contributed by atoms with Crippen LogP contribution in [-0.2, 0) is 0 Å². The average molecular weight is 251 g/mol. The molecule has 1 unspecified atom stereocenters. The Hall–Kier alpha value is -2.37. The Morgan fingerprint density at radius 1 is 1.00 bits per heavy atom. The summed E-state index contributed by atoms with van der Waals surface area (Å²) in [6, 6.07) is 7.90. The molecule has 2 heterocycles. The largest absolute Gasteiger partial charge is 0.271 e. The molecule has 94 valence electrons. The van der Waals surface area contributed by atoms with E-state index < -0.39 is 0 Å². The van der Waals surface area contributed by atoms with Crippen molar-refractivity contribution >= 4 is 10.8 Å². The van der Waals surface area contributed by atoms with Crippen molar-refractivity contribution in [1.29, 1.82) is 0 Å². The van der Waals surface area contributed by atoms with Crippen molar-refractivity contribution in [1.82, 2.24) is 20.4 Å². The predicted octanol–water partition coefficient (Wildman–Crippen LogP) is 1.58. The van der Waals surface area contributed by atoms with Gasteiger partial charge in [-0.05, 0) is 17.0 Å². The lowest BCUT2D eigenvalue weighted by Crippen LogP contribution is -2.29. The Balaban J connectivity index is 2.17. The topological polar surface area (TPSA) is 76.7 Å². The second-order valence-corrected chi connectivity index (χ2v) is 4.22. The monoisotopic (exact) mass is 251 g/mol. The molecule has 0 radical (unpaired) electrons. The molecule has 19 heavy (non-hydrogen) atoms. The van der Waals surface area contributed by atoms with Gasteiger partial charge in [0, 0.05) is 35.7 Å². The summed E-state index contributed by atoms with van der Waals surface area (Å²) >= 11 is 0. The van der Waals surface area contributed by atoms with Gasteiger partial charge in [-0.2, -0.15) is 0 Å². The highest BCUT2D eigenvalue weighted by atomic mass is 15.2. The van der Waals surface area contributed by atoms with E-state index in [1.54, 1.807) is 18.6 Å². The van der Waals surface area contributed by atoms with Crippen LogP contribution >= 0.6 is 0 Å². The van der Waals surface area contributed by atoms with Crippen LogP contribution in [0.3, 0.4) is 0 Å². The zero-order valence-corrected chi connectivity index (χ0v) is 10.2. The molecule has 0 aliphatic heterocycles. The van der Waals surface area contributed by atoms with Crippen LogP contribution in [0.2, 0.25) is 0 Å². The third-order valence-electron chi connectivity index (χ3n) is 3.11. The number of rotatable bonds is 3. The summed E-state index contributed by atoms with van der Waals surface area (Å²) in [5.41, 5.74) is 4.83. The Morgan fingerprint density at radius 2 is 1.84 bits per heavy atom. The molecule has 1 atom stereocenters. The molecule has 0 saturated carbocycles. The van der Waals surface area contributed by atoms with Crippen LogP contribution in [0.15, 0.2) is 55.4 Å². The van der Waals surface area contributed by atoms with Crippen LogP contribution in [0.25, 0.3) is 10.8 Å². The second kappa shape index (κ2) is 5.09. The van der Waals surface area contributed by atoms with E-state index in [1.165, 1.54) is 6.33 Å². The highest BCUT2D eigenvalue weighted by molar-refractivity contribution is 5.85. The van der Waals surface area contributed by atoms with Gasteiger partial charge >= 0.3 is 0 Å². The molecule has 3 aromatic rings. The molecule has 3 rings (SSSR count). The highest BCUT2D eigenvalue weighted by Gasteiger charge is 2.15. The molecule has 5 nitrogen and oxygen atoms in total. The van der Waals surface area contributed by atoms with Crippen LogP contribution in [0, 0.1) is 0 Å². The van der Waals surface area contributed by atoms with Crippen LogP contribution in [0.4, 0.5) is 0 Å². The molecule has 0 amide bonds. The summed E-state index contributed by atoms with van der Waals surface area (Å²) < 4.78 is 0. The minimum absolute atomic E-state index is 0.146. The molecule has 5 heteroatoms. The maximum atomic E-state index is 5.71. The number of hydrazine groups is 1. The number of fused-ring (bicyclic) bond motifs is 1. The van der Waals surface area contributed by atoms with Crippen molar-refractivity contribution in [3.05, 3.63) is 66.5 Å². The second-order valence-electron chi connectivity index (χ2n) is 4.22. The number of nitrogens with one attached hydrogen (secondary N) is 1. The summed E-state index contributed by atoms with van der Waals surface area (Å²) in [5.74, 6) is 5.71. The third kappa shape index (κ3) is 2.16. The molecule has 0 bridgehead atoms. The molecule has 1 aromatic carbocycles. The normalized spacial score (nSPS) is 12.5. The quantitative estimate of drug-likeness (QED) is 0.546.